The van der Waals surface area contributed by atoms with Crippen LogP contribution in [0.5, 0.6) is 5.75 Å². The molecule has 0 saturated carbocycles. The number of hydrogen-bond donors (Lipinski definition) is 1. The summed E-state index contributed by atoms with van der Waals surface area (Å²) >= 11 is 0. The van der Waals surface area contributed by atoms with Crippen LogP contribution in [-0.2, 0) is 0 Å². The fourth-order valence-electron chi connectivity index (χ4n) is 1.86. The lowest BCUT2D eigenvalue weighted by Gasteiger charge is -2.19. The van der Waals surface area contributed by atoms with E-state index in [0.29, 0.717) is 0 Å². The van der Waals surface area contributed by atoms with E-state index in [1.807, 2.05) is 13.0 Å². The van der Waals surface area contributed by atoms with Crippen LogP contribution in [0.25, 0.3) is 0 Å². The van der Waals surface area contributed by atoms with Crippen molar-refractivity contribution in [2.75, 3.05) is 0 Å². The Labute approximate surface area is 113 Å². The van der Waals surface area contributed by atoms with E-state index < -0.39 is 6.61 Å². The van der Waals surface area contributed by atoms with Crippen molar-refractivity contribution >= 4 is 0 Å². The molecule has 0 radical (unpaired) electrons. The minimum Gasteiger partial charge on any atom is -0.435 e. The van der Waals surface area contributed by atoms with Gasteiger partial charge in [0.2, 0.25) is 0 Å². The Kier molecular flexibility index (Phi) is 6.31. The smallest absolute Gasteiger partial charge is 0.387 e. The Hall–Kier alpha value is -1.60. The van der Waals surface area contributed by atoms with Crippen molar-refractivity contribution in [3.8, 4) is 18.1 Å². The minimum atomic E-state index is -2.81. The molecule has 2 unspecified atom stereocenters. The highest BCUT2D eigenvalue weighted by atomic mass is 19.3. The summed E-state index contributed by atoms with van der Waals surface area (Å²) < 4.78 is 28.7. The normalized spacial score (nSPS) is 13.9. The average Bonchev–Trinajstić information content (AvgIpc) is 2.37. The van der Waals surface area contributed by atoms with Gasteiger partial charge in [0.25, 0.3) is 0 Å². The van der Waals surface area contributed by atoms with Gasteiger partial charge < -0.3 is 4.74 Å². The van der Waals surface area contributed by atoms with Gasteiger partial charge in [0, 0.05) is 6.04 Å². The number of terminal acetylenes is 1. The van der Waals surface area contributed by atoms with Crippen LogP contribution in [0.1, 0.15) is 38.3 Å². The molecule has 0 bridgehead atoms. The Morgan fingerprint density at radius 3 is 2.74 bits per heavy atom. The molecule has 2 nitrogen and oxygen atoms in total. The van der Waals surface area contributed by atoms with Gasteiger partial charge in [0.05, 0.1) is 6.04 Å². The largest absolute Gasteiger partial charge is 0.435 e. The monoisotopic (exact) mass is 267 g/mol. The van der Waals surface area contributed by atoms with Crippen molar-refractivity contribution in [2.45, 2.75) is 45.4 Å². The van der Waals surface area contributed by atoms with E-state index in [1.165, 1.54) is 6.07 Å². The van der Waals surface area contributed by atoms with Crippen molar-refractivity contribution in [3.05, 3.63) is 29.8 Å². The molecule has 1 rings (SSSR count). The van der Waals surface area contributed by atoms with E-state index in [-0.39, 0.29) is 17.8 Å². The summed E-state index contributed by atoms with van der Waals surface area (Å²) in [4.78, 5) is 0. The summed E-state index contributed by atoms with van der Waals surface area (Å²) in [5.74, 6) is 2.85. The maximum Gasteiger partial charge on any atom is 0.387 e. The van der Waals surface area contributed by atoms with Gasteiger partial charge in [0.1, 0.15) is 5.75 Å². The third-order valence-corrected chi connectivity index (χ3v) is 2.81. The molecule has 0 heterocycles. The quantitative estimate of drug-likeness (QED) is 0.760. The summed E-state index contributed by atoms with van der Waals surface area (Å²) in [6, 6.07) is 6.62. The summed E-state index contributed by atoms with van der Waals surface area (Å²) in [6.45, 7) is 1.20. The number of alkyl halides is 2. The van der Waals surface area contributed by atoms with Crippen LogP contribution in [0.2, 0.25) is 0 Å². The van der Waals surface area contributed by atoms with Crippen molar-refractivity contribution in [1.82, 2.24) is 5.32 Å². The average molecular weight is 267 g/mol. The molecule has 0 saturated heterocycles. The Morgan fingerprint density at radius 2 is 2.16 bits per heavy atom. The van der Waals surface area contributed by atoms with Gasteiger partial charge in [0.15, 0.2) is 0 Å². The number of nitrogens with one attached hydrogen (secondary N) is 1. The van der Waals surface area contributed by atoms with Crippen LogP contribution in [0.3, 0.4) is 0 Å². The zero-order valence-electron chi connectivity index (χ0n) is 11.2. The molecule has 0 aliphatic heterocycles. The topological polar surface area (TPSA) is 21.3 Å². The van der Waals surface area contributed by atoms with E-state index >= 15 is 0 Å². The van der Waals surface area contributed by atoms with Gasteiger partial charge in [-0.05, 0) is 31.0 Å². The lowest BCUT2D eigenvalue weighted by molar-refractivity contribution is -0.0499. The number of rotatable bonds is 7. The second kappa shape index (κ2) is 7.75. The third-order valence-electron chi connectivity index (χ3n) is 2.81. The second-order valence-corrected chi connectivity index (χ2v) is 4.35. The molecule has 0 aliphatic rings. The Morgan fingerprint density at radius 1 is 1.42 bits per heavy atom. The van der Waals surface area contributed by atoms with E-state index in [0.717, 1.165) is 18.4 Å². The summed E-state index contributed by atoms with van der Waals surface area (Å²) in [6.07, 6.45) is 7.32. The summed E-state index contributed by atoms with van der Waals surface area (Å²) in [5, 5.41) is 3.29. The van der Waals surface area contributed by atoms with E-state index in [1.54, 1.807) is 12.1 Å². The van der Waals surface area contributed by atoms with Gasteiger partial charge in [-0.2, -0.15) is 8.78 Å². The van der Waals surface area contributed by atoms with Crippen molar-refractivity contribution in [2.24, 2.45) is 0 Å². The molecule has 19 heavy (non-hydrogen) atoms. The Bertz CT molecular complexity index is 428. The van der Waals surface area contributed by atoms with Gasteiger partial charge in [-0.3, -0.25) is 5.32 Å². The van der Waals surface area contributed by atoms with Crippen LogP contribution in [-0.4, -0.2) is 12.7 Å². The van der Waals surface area contributed by atoms with Gasteiger partial charge in [-0.25, -0.2) is 0 Å². The molecule has 0 amide bonds. The molecule has 1 aromatic rings. The fourth-order valence-corrected chi connectivity index (χ4v) is 1.86. The first kappa shape index (κ1) is 15.5. The van der Waals surface area contributed by atoms with E-state index in [9.17, 15) is 8.78 Å². The lowest BCUT2D eigenvalue weighted by atomic mass is 10.1. The predicted octanol–water partition coefficient (Wildman–Crippen LogP) is 3.74. The van der Waals surface area contributed by atoms with E-state index in [2.05, 4.69) is 22.9 Å². The number of hydrogen-bond acceptors (Lipinski definition) is 2. The van der Waals surface area contributed by atoms with Crippen molar-refractivity contribution in [1.29, 1.82) is 0 Å². The molecule has 0 spiro atoms. The molecule has 2 atom stereocenters. The molecule has 0 aliphatic carbocycles. The minimum absolute atomic E-state index is 0.0142. The molecule has 104 valence electrons. The zero-order chi connectivity index (χ0) is 14.3. The molecule has 0 aromatic heterocycles. The molecular formula is C15H19F2NO. The SMILES string of the molecule is C#CC(CCC)NC(C)c1cccc(OC(F)F)c1. The summed E-state index contributed by atoms with van der Waals surface area (Å²) in [7, 11) is 0. The maximum absolute atomic E-state index is 12.2. The highest BCUT2D eigenvalue weighted by Crippen LogP contribution is 2.21. The van der Waals surface area contributed by atoms with E-state index in [4.69, 9.17) is 6.42 Å². The van der Waals surface area contributed by atoms with Crippen LogP contribution in [0.4, 0.5) is 8.78 Å². The molecular weight excluding hydrogens is 248 g/mol. The zero-order valence-corrected chi connectivity index (χ0v) is 11.2. The maximum atomic E-state index is 12.2. The first-order valence-electron chi connectivity index (χ1n) is 6.33. The van der Waals surface area contributed by atoms with Gasteiger partial charge in [-0.15, -0.1) is 6.42 Å². The third kappa shape index (κ3) is 5.27. The molecule has 4 heteroatoms. The first-order valence-corrected chi connectivity index (χ1v) is 6.33. The number of halogens is 2. The summed E-state index contributed by atoms with van der Waals surface area (Å²) in [5.41, 5.74) is 0.870. The van der Waals surface area contributed by atoms with Crippen molar-refractivity contribution < 1.29 is 13.5 Å². The fraction of sp³-hybridized carbons (Fsp3) is 0.467. The Balaban J connectivity index is 2.71. The van der Waals surface area contributed by atoms with Crippen LogP contribution >= 0.6 is 0 Å². The molecule has 0 fully saturated rings. The van der Waals surface area contributed by atoms with Crippen LogP contribution in [0, 0.1) is 12.3 Å². The second-order valence-electron chi connectivity index (χ2n) is 4.35. The lowest BCUT2D eigenvalue weighted by Crippen LogP contribution is -2.30. The van der Waals surface area contributed by atoms with Crippen molar-refractivity contribution in [3.63, 3.8) is 0 Å². The van der Waals surface area contributed by atoms with Crippen LogP contribution < -0.4 is 10.1 Å². The molecule has 1 N–H and O–H groups in total. The van der Waals surface area contributed by atoms with Gasteiger partial charge >= 0.3 is 6.61 Å². The predicted molar refractivity (Wildman–Crippen MR) is 72.2 cm³/mol. The van der Waals surface area contributed by atoms with Crippen LogP contribution in [0.15, 0.2) is 24.3 Å². The highest BCUT2D eigenvalue weighted by molar-refractivity contribution is 5.30. The number of benzene rings is 1. The first-order chi connectivity index (χ1) is 9.06. The molecule has 1 aromatic carbocycles. The highest BCUT2D eigenvalue weighted by Gasteiger charge is 2.12. The van der Waals surface area contributed by atoms with Gasteiger partial charge in [-0.1, -0.05) is 31.4 Å². The standard InChI is InChI=1S/C15H19F2NO/c1-4-7-13(5-2)18-11(3)12-8-6-9-14(10-12)19-15(16)17/h2,6,8-11,13,15,18H,4,7H2,1,3H3. The number of ether oxygens (including phenoxy) is 1.